The van der Waals surface area contributed by atoms with Gasteiger partial charge in [-0.25, -0.2) is 9.59 Å². The summed E-state index contributed by atoms with van der Waals surface area (Å²) in [6.45, 7) is 6.48. The van der Waals surface area contributed by atoms with E-state index < -0.39 is 11.6 Å². The van der Waals surface area contributed by atoms with Crippen LogP contribution in [0.3, 0.4) is 0 Å². The van der Waals surface area contributed by atoms with Crippen LogP contribution in [0.25, 0.3) is 0 Å². The molecule has 1 aromatic heterocycles. The molecule has 0 atom stereocenters. The normalized spacial score (nSPS) is 14.7. The summed E-state index contributed by atoms with van der Waals surface area (Å²) < 4.78 is 11.0. The first-order chi connectivity index (χ1) is 14.7. The van der Waals surface area contributed by atoms with Crippen LogP contribution >= 0.6 is 11.3 Å². The van der Waals surface area contributed by atoms with Crippen LogP contribution in [0.2, 0.25) is 0 Å². The standard InChI is InChI=1S/C23H28N2O5S/c1-23(2,3)30-22(28)25-12-10-18(11-13-25)29-21(27)16-6-8-17(9-7-16)24-20(26)15-19-5-4-14-31-19/h4-9,14,18H,10-13,15H2,1-3H3,(H,24,26). The van der Waals surface area contributed by atoms with Crippen LogP contribution in [-0.4, -0.2) is 47.7 Å². The Kier molecular flexibility index (Phi) is 7.33. The lowest BCUT2D eigenvalue weighted by Gasteiger charge is -2.33. The highest BCUT2D eigenvalue weighted by Gasteiger charge is 2.28. The number of piperidine rings is 1. The molecule has 8 heteroatoms. The van der Waals surface area contributed by atoms with Crippen LogP contribution in [0, 0.1) is 0 Å². The first-order valence-electron chi connectivity index (χ1n) is 10.3. The number of esters is 1. The Morgan fingerprint density at radius 2 is 1.77 bits per heavy atom. The highest BCUT2D eigenvalue weighted by Crippen LogP contribution is 2.19. The van der Waals surface area contributed by atoms with E-state index in [0.717, 1.165) is 4.88 Å². The molecule has 1 N–H and O–H groups in total. The molecule has 0 radical (unpaired) electrons. The van der Waals surface area contributed by atoms with Gasteiger partial charge in [-0.3, -0.25) is 4.79 Å². The van der Waals surface area contributed by atoms with Crippen molar-refractivity contribution in [3.05, 3.63) is 52.2 Å². The number of nitrogens with zero attached hydrogens (tertiary/aromatic N) is 1. The minimum absolute atomic E-state index is 0.102. The molecule has 2 amide bonds. The second kappa shape index (κ2) is 9.96. The van der Waals surface area contributed by atoms with Crippen LogP contribution in [0.1, 0.15) is 48.8 Å². The smallest absolute Gasteiger partial charge is 0.410 e. The zero-order valence-electron chi connectivity index (χ0n) is 18.1. The number of likely N-dealkylation sites (tertiary alicyclic amines) is 1. The molecular weight excluding hydrogens is 416 g/mol. The van der Waals surface area contributed by atoms with Crippen molar-refractivity contribution in [2.45, 2.75) is 51.7 Å². The maximum atomic E-state index is 12.4. The predicted octanol–water partition coefficient (Wildman–Crippen LogP) is 4.49. The monoisotopic (exact) mass is 444 g/mol. The Hall–Kier alpha value is -2.87. The molecule has 0 aliphatic carbocycles. The highest BCUT2D eigenvalue weighted by atomic mass is 32.1. The topological polar surface area (TPSA) is 84.9 Å². The maximum Gasteiger partial charge on any atom is 0.410 e. The lowest BCUT2D eigenvalue weighted by Crippen LogP contribution is -2.43. The van der Waals surface area contributed by atoms with Crippen molar-refractivity contribution >= 4 is 35.0 Å². The molecule has 31 heavy (non-hydrogen) atoms. The Bertz CT molecular complexity index is 895. The molecular formula is C23H28N2O5S. The number of carbonyl (C=O) groups excluding carboxylic acids is 3. The van der Waals surface area contributed by atoms with E-state index in [1.807, 2.05) is 38.3 Å². The van der Waals surface area contributed by atoms with E-state index >= 15 is 0 Å². The summed E-state index contributed by atoms with van der Waals surface area (Å²) in [5.41, 5.74) is 0.519. The number of ether oxygens (including phenoxy) is 2. The van der Waals surface area contributed by atoms with Gasteiger partial charge >= 0.3 is 12.1 Å². The Balaban J connectivity index is 1.44. The predicted molar refractivity (Wildman–Crippen MR) is 119 cm³/mol. The molecule has 1 aliphatic rings. The van der Waals surface area contributed by atoms with Gasteiger partial charge in [-0.05, 0) is 56.5 Å². The summed E-state index contributed by atoms with van der Waals surface area (Å²) in [5, 5.41) is 4.76. The zero-order valence-corrected chi connectivity index (χ0v) is 18.9. The molecule has 2 heterocycles. The maximum absolute atomic E-state index is 12.4. The molecule has 1 saturated heterocycles. The number of hydrogen-bond donors (Lipinski definition) is 1. The number of hydrogen-bond acceptors (Lipinski definition) is 6. The van der Waals surface area contributed by atoms with Crippen molar-refractivity contribution in [1.29, 1.82) is 0 Å². The fraction of sp³-hybridized carbons (Fsp3) is 0.435. The molecule has 1 fully saturated rings. The highest BCUT2D eigenvalue weighted by molar-refractivity contribution is 7.10. The van der Waals surface area contributed by atoms with Crippen molar-refractivity contribution in [1.82, 2.24) is 4.90 Å². The molecule has 166 valence electrons. The van der Waals surface area contributed by atoms with E-state index in [9.17, 15) is 14.4 Å². The SMILES string of the molecule is CC(C)(C)OC(=O)N1CCC(OC(=O)c2ccc(NC(=O)Cc3cccs3)cc2)CC1. The van der Waals surface area contributed by atoms with Gasteiger partial charge in [0.25, 0.3) is 0 Å². The van der Waals surface area contributed by atoms with Crippen LogP contribution < -0.4 is 5.32 Å². The first kappa shape index (κ1) is 22.8. The summed E-state index contributed by atoms with van der Waals surface area (Å²) in [7, 11) is 0. The Morgan fingerprint density at radius 3 is 2.35 bits per heavy atom. The Labute approximate surface area is 186 Å². The summed E-state index contributed by atoms with van der Waals surface area (Å²) in [6.07, 6.45) is 0.887. The molecule has 0 unspecified atom stereocenters. The van der Waals surface area contributed by atoms with Gasteiger partial charge < -0.3 is 19.7 Å². The van der Waals surface area contributed by atoms with Gasteiger partial charge in [-0.1, -0.05) is 6.07 Å². The summed E-state index contributed by atoms with van der Waals surface area (Å²) in [6, 6.07) is 10.5. The van der Waals surface area contributed by atoms with E-state index in [0.29, 0.717) is 43.6 Å². The molecule has 0 spiro atoms. The van der Waals surface area contributed by atoms with Crippen molar-refractivity contribution in [2.75, 3.05) is 18.4 Å². The quantitative estimate of drug-likeness (QED) is 0.687. The van der Waals surface area contributed by atoms with Crippen LogP contribution in [0.5, 0.6) is 0 Å². The molecule has 1 aliphatic heterocycles. The van der Waals surface area contributed by atoms with Crippen molar-refractivity contribution in [3.8, 4) is 0 Å². The number of thiophene rings is 1. The van der Waals surface area contributed by atoms with E-state index in [1.165, 1.54) is 11.3 Å². The average Bonchev–Trinajstić information content (AvgIpc) is 3.20. The Morgan fingerprint density at radius 1 is 1.10 bits per heavy atom. The van der Waals surface area contributed by atoms with E-state index in [4.69, 9.17) is 9.47 Å². The zero-order chi connectivity index (χ0) is 22.4. The van der Waals surface area contributed by atoms with E-state index in [-0.39, 0.29) is 18.1 Å². The molecule has 3 rings (SSSR count). The van der Waals surface area contributed by atoms with Crippen LogP contribution in [0.4, 0.5) is 10.5 Å². The number of nitrogens with one attached hydrogen (secondary N) is 1. The second-order valence-corrected chi connectivity index (χ2v) is 9.49. The lowest BCUT2D eigenvalue weighted by molar-refractivity contribution is -0.115. The van der Waals surface area contributed by atoms with Crippen molar-refractivity contribution in [3.63, 3.8) is 0 Å². The van der Waals surface area contributed by atoms with Gasteiger partial charge in [0, 0.05) is 36.5 Å². The third kappa shape index (κ3) is 7.10. The number of anilines is 1. The summed E-state index contributed by atoms with van der Waals surface area (Å²) >= 11 is 1.54. The minimum Gasteiger partial charge on any atom is -0.459 e. The first-order valence-corrected chi connectivity index (χ1v) is 11.2. The molecule has 0 bridgehead atoms. The average molecular weight is 445 g/mol. The van der Waals surface area contributed by atoms with Gasteiger partial charge in [-0.15, -0.1) is 11.3 Å². The fourth-order valence-corrected chi connectivity index (χ4v) is 3.87. The van der Waals surface area contributed by atoms with E-state index in [1.54, 1.807) is 29.2 Å². The van der Waals surface area contributed by atoms with Gasteiger partial charge in [0.15, 0.2) is 0 Å². The third-order valence-corrected chi connectivity index (χ3v) is 5.56. The minimum atomic E-state index is -0.532. The van der Waals surface area contributed by atoms with Gasteiger partial charge in [0.2, 0.25) is 5.91 Å². The summed E-state index contributed by atoms with van der Waals surface area (Å²) in [4.78, 5) is 39.3. The summed E-state index contributed by atoms with van der Waals surface area (Å²) in [5.74, 6) is -0.512. The molecule has 0 saturated carbocycles. The lowest BCUT2D eigenvalue weighted by atomic mass is 10.1. The largest absolute Gasteiger partial charge is 0.459 e. The number of amides is 2. The second-order valence-electron chi connectivity index (χ2n) is 8.45. The molecule has 7 nitrogen and oxygen atoms in total. The van der Waals surface area contributed by atoms with Gasteiger partial charge in [-0.2, -0.15) is 0 Å². The van der Waals surface area contributed by atoms with Crippen molar-refractivity contribution in [2.24, 2.45) is 0 Å². The van der Waals surface area contributed by atoms with Crippen LogP contribution in [-0.2, 0) is 20.7 Å². The van der Waals surface area contributed by atoms with Crippen LogP contribution in [0.15, 0.2) is 41.8 Å². The van der Waals surface area contributed by atoms with E-state index in [2.05, 4.69) is 5.32 Å². The van der Waals surface area contributed by atoms with Gasteiger partial charge in [0.1, 0.15) is 11.7 Å². The molecule has 2 aromatic rings. The molecule has 1 aromatic carbocycles. The fourth-order valence-electron chi connectivity index (χ4n) is 3.17. The van der Waals surface area contributed by atoms with Gasteiger partial charge in [0.05, 0.1) is 12.0 Å². The number of benzene rings is 1. The number of rotatable bonds is 5. The third-order valence-electron chi connectivity index (χ3n) is 4.69. The van der Waals surface area contributed by atoms with Crippen molar-refractivity contribution < 1.29 is 23.9 Å². The number of carbonyl (C=O) groups is 3.